The SMILES string of the molecule is C[Si](C)(C)CCOCn1ccnc1C(=O)[C@@H]1CCCN1C(=O)[C@@H]1CCCN1C(=O)CCCc1ccccc1. The maximum Gasteiger partial charge on any atom is 0.246 e. The lowest BCUT2D eigenvalue weighted by Gasteiger charge is -2.31. The number of nitrogens with zero attached hydrogens (tertiary/aromatic N) is 4. The van der Waals surface area contributed by atoms with Crippen LogP contribution in [-0.4, -0.2) is 76.8 Å². The number of carbonyl (C=O) groups excluding carboxylic acids is 3. The van der Waals surface area contributed by atoms with Gasteiger partial charge < -0.3 is 19.1 Å². The molecule has 0 radical (unpaired) electrons. The second kappa shape index (κ2) is 12.8. The highest BCUT2D eigenvalue weighted by molar-refractivity contribution is 6.76. The van der Waals surface area contributed by atoms with Gasteiger partial charge >= 0.3 is 0 Å². The largest absolute Gasteiger partial charge is 0.361 e. The molecule has 0 spiro atoms. The van der Waals surface area contributed by atoms with Gasteiger partial charge in [0.05, 0.1) is 6.04 Å². The Morgan fingerprint density at radius 1 is 1.00 bits per heavy atom. The molecule has 2 aliphatic heterocycles. The molecule has 8 nitrogen and oxygen atoms in total. The second-order valence-corrected chi connectivity index (χ2v) is 17.3. The summed E-state index contributed by atoms with van der Waals surface area (Å²) in [4.78, 5) is 48.0. The van der Waals surface area contributed by atoms with E-state index in [9.17, 15) is 14.4 Å². The number of ether oxygens (including phenoxy) is 1. The number of hydrogen-bond acceptors (Lipinski definition) is 5. The third-order valence-corrected chi connectivity index (χ3v) is 9.26. The molecule has 38 heavy (non-hydrogen) atoms. The first-order valence-corrected chi connectivity index (χ1v) is 17.7. The van der Waals surface area contributed by atoms with Crippen LogP contribution in [0.3, 0.4) is 0 Å². The average Bonchev–Trinajstić information content (AvgIpc) is 3.66. The van der Waals surface area contributed by atoms with Gasteiger partial charge in [-0.25, -0.2) is 4.98 Å². The quantitative estimate of drug-likeness (QED) is 0.227. The molecule has 0 saturated carbocycles. The van der Waals surface area contributed by atoms with Crippen LogP contribution >= 0.6 is 0 Å². The summed E-state index contributed by atoms with van der Waals surface area (Å²) in [7, 11) is -1.20. The van der Waals surface area contributed by atoms with Gasteiger partial charge in [-0.1, -0.05) is 50.0 Å². The van der Waals surface area contributed by atoms with Gasteiger partial charge in [-0.05, 0) is 50.1 Å². The van der Waals surface area contributed by atoms with Gasteiger partial charge in [0, 0.05) is 46.6 Å². The summed E-state index contributed by atoms with van der Waals surface area (Å²) in [5.41, 5.74) is 1.22. The summed E-state index contributed by atoms with van der Waals surface area (Å²) in [5, 5.41) is 0. The molecule has 1 aromatic heterocycles. The molecule has 0 aliphatic carbocycles. The molecular formula is C29H42N4O4Si. The van der Waals surface area contributed by atoms with E-state index < -0.39 is 20.2 Å². The van der Waals surface area contributed by atoms with Crippen molar-refractivity contribution in [3.05, 3.63) is 54.1 Å². The minimum atomic E-state index is -1.20. The van der Waals surface area contributed by atoms with Crippen LogP contribution in [0.2, 0.25) is 25.7 Å². The smallest absolute Gasteiger partial charge is 0.246 e. The lowest BCUT2D eigenvalue weighted by Crippen LogP contribution is -2.51. The predicted molar refractivity (Wildman–Crippen MR) is 150 cm³/mol. The van der Waals surface area contributed by atoms with Gasteiger partial charge in [0.25, 0.3) is 0 Å². The maximum absolute atomic E-state index is 13.7. The van der Waals surface area contributed by atoms with E-state index in [1.807, 2.05) is 18.2 Å². The van der Waals surface area contributed by atoms with Crippen LogP contribution in [0.1, 0.15) is 54.7 Å². The third kappa shape index (κ3) is 7.20. The zero-order valence-corrected chi connectivity index (χ0v) is 24.1. The molecule has 2 saturated heterocycles. The molecule has 2 atom stereocenters. The van der Waals surface area contributed by atoms with E-state index in [2.05, 4.69) is 36.8 Å². The van der Waals surface area contributed by atoms with Crippen LogP contribution < -0.4 is 0 Å². The van der Waals surface area contributed by atoms with Gasteiger partial charge in [0.2, 0.25) is 17.6 Å². The van der Waals surface area contributed by atoms with Crippen LogP contribution in [0, 0.1) is 0 Å². The Labute approximate surface area is 227 Å². The number of amides is 2. The number of hydrogen-bond donors (Lipinski definition) is 0. The number of rotatable bonds is 12. The number of likely N-dealkylation sites (tertiary alicyclic amines) is 2. The van der Waals surface area contributed by atoms with Crippen molar-refractivity contribution in [2.75, 3.05) is 19.7 Å². The molecule has 0 N–H and O–H groups in total. The van der Waals surface area contributed by atoms with Crippen LogP contribution in [0.25, 0.3) is 0 Å². The predicted octanol–water partition coefficient (Wildman–Crippen LogP) is 4.38. The number of imidazole rings is 1. The average molecular weight is 539 g/mol. The van der Waals surface area contributed by atoms with Crippen molar-refractivity contribution in [1.29, 1.82) is 0 Å². The highest BCUT2D eigenvalue weighted by Crippen LogP contribution is 2.27. The number of ketones is 1. The first kappa shape index (κ1) is 28.2. The fourth-order valence-corrected chi connectivity index (χ4v) is 6.13. The number of benzene rings is 1. The highest BCUT2D eigenvalue weighted by Gasteiger charge is 2.42. The van der Waals surface area contributed by atoms with E-state index >= 15 is 0 Å². The van der Waals surface area contributed by atoms with Crippen LogP contribution in [0.4, 0.5) is 0 Å². The van der Waals surface area contributed by atoms with Gasteiger partial charge in [0.1, 0.15) is 12.8 Å². The first-order chi connectivity index (χ1) is 18.2. The van der Waals surface area contributed by atoms with Crippen molar-refractivity contribution in [1.82, 2.24) is 19.4 Å². The lowest BCUT2D eigenvalue weighted by atomic mass is 10.1. The van der Waals surface area contributed by atoms with Crippen LogP contribution in [-0.2, 0) is 27.5 Å². The first-order valence-electron chi connectivity index (χ1n) is 14.0. The van der Waals surface area contributed by atoms with Gasteiger partial charge in [0.15, 0.2) is 5.82 Å². The van der Waals surface area contributed by atoms with Gasteiger partial charge in [-0.3, -0.25) is 14.4 Å². The number of aryl methyl sites for hydroxylation is 1. The zero-order chi connectivity index (χ0) is 27.1. The highest BCUT2D eigenvalue weighted by atomic mass is 28.3. The summed E-state index contributed by atoms with van der Waals surface area (Å²) in [6.45, 7) is 8.99. The Morgan fingerprint density at radius 2 is 1.71 bits per heavy atom. The molecule has 2 aliphatic rings. The van der Waals surface area contributed by atoms with Crippen molar-refractivity contribution in [3.8, 4) is 0 Å². The Kier molecular flexibility index (Phi) is 9.54. The Morgan fingerprint density at radius 3 is 2.45 bits per heavy atom. The van der Waals surface area contributed by atoms with Crippen molar-refractivity contribution in [3.63, 3.8) is 0 Å². The summed E-state index contributed by atoms with van der Waals surface area (Å²) in [5.74, 6) is 0.125. The molecule has 3 heterocycles. The normalized spacial score (nSPS) is 19.8. The van der Waals surface area contributed by atoms with Crippen molar-refractivity contribution in [2.45, 2.75) is 89.4 Å². The van der Waals surface area contributed by atoms with Gasteiger partial charge in [-0.15, -0.1) is 0 Å². The zero-order valence-electron chi connectivity index (χ0n) is 23.1. The molecule has 206 valence electrons. The Balaban J connectivity index is 1.34. The van der Waals surface area contributed by atoms with Crippen molar-refractivity contribution in [2.24, 2.45) is 0 Å². The molecule has 2 aromatic rings. The lowest BCUT2D eigenvalue weighted by molar-refractivity contribution is -0.144. The van der Waals surface area contributed by atoms with Crippen molar-refractivity contribution >= 4 is 25.7 Å². The molecule has 1 aromatic carbocycles. The standard InChI is InChI=1S/C29H42N4O4Si/c1-38(2,3)21-20-37-22-31-19-16-30-28(31)27(35)24-13-8-18-33(24)29(36)25-14-9-17-32(25)26(34)15-7-12-23-10-5-4-6-11-23/h4-6,10-11,16,19,24-25H,7-9,12-15,17-18,20-22H2,1-3H3/t24-,25-/m0/s1. The molecule has 0 bridgehead atoms. The monoisotopic (exact) mass is 538 g/mol. The maximum atomic E-state index is 13.7. The van der Waals surface area contributed by atoms with Crippen LogP contribution in [0.15, 0.2) is 42.7 Å². The summed E-state index contributed by atoms with van der Waals surface area (Å²) in [6, 6.07) is 10.2. The molecular weight excluding hydrogens is 496 g/mol. The summed E-state index contributed by atoms with van der Waals surface area (Å²) < 4.78 is 7.59. The Bertz CT molecular complexity index is 1100. The number of carbonyl (C=O) groups is 3. The number of aromatic nitrogens is 2. The minimum absolute atomic E-state index is 0.0323. The van der Waals surface area contributed by atoms with E-state index in [1.54, 1.807) is 26.8 Å². The number of Topliss-reactive ketones (excluding diaryl/α,β-unsaturated/α-hetero) is 1. The summed E-state index contributed by atoms with van der Waals surface area (Å²) in [6.07, 6.45) is 8.25. The molecule has 2 amide bonds. The topological polar surface area (TPSA) is 84.7 Å². The van der Waals surface area contributed by atoms with E-state index in [-0.39, 0.29) is 24.3 Å². The van der Waals surface area contributed by atoms with E-state index in [0.29, 0.717) is 44.8 Å². The minimum Gasteiger partial charge on any atom is -0.361 e. The Hall–Kier alpha value is -2.78. The fourth-order valence-electron chi connectivity index (χ4n) is 5.38. The third-order valence-electron chi connectivity index (χ3n) is 7.56. The summed E-state index contributed by atoms with van der Waals surface area (Å²) >= 11 is 0. The molecule has 4 rings (SSSR count). The van der Waals surface area contributed by atoms with E-state index in [1.165, 1.54) is 5.56 Å². The fraction of sp³-hybridized carbons (Fsp3) is 0.586. The molecule has 9 heteroatoms. The molecule has 0 unspecified atom stereocenters. The molecule has 2 fully saturated rings. The van der Waals surface area contributed by atoms with E-state index in [0.717, 1.165) is 31.7 Å². The van der Waals surface area contributed by atoms with Crippen molar-refractivity contribution < 1.29 is 19.1 Å². The van der Waals surface area contributed by atoms with Gasteiger partial charge in [-0.2, -0.15) is 0 Å². The van der Waals surface area contributed by atoms with E-state index in [4.69, 9.17) is 4.74 Å². The van der Waals surface area contributed by atoms with Crippen LogP contribution in [0.5, 0.6) is 0 Å². The second-order valence-electron chi connectivity index (χ2n) is 11.7.